The largest absolute Gasteiger partial charge is 0.493 e. The Balaban J connectivity index is 2.11. The summed E-state index contributed by atoms with van der Waals surface area (Å²) in [4.78, 5) is 12.2. The van der Waals surface area contributed by atoms with Crippen LogP contribution in [0.2, 0.25) is 5.02 Å². The van der Waals surface area contributed by atoms with Crippen molar-refractivity contribution >= 4 is 23.1 Å². The number of anilines is 1. The van der Waals surface area contributed by atoms with Gasteiger partial charge in [0.05, 0.1) is 14.2 Å². The minimum Gasteiger partial charge on any atom is -0.493 e. The average Bonchev–Trinajstić information content (AvgIpc) is 2.57. The lowest BCUT2D eigenvalue weighted by Crippen LogP contribution is -1.99. The van der Waals surface area contributed by atoms with E-state index in [1.54, 1.807) is 31.5 Å². The van der Waals surface area contributed by atoms with Gasteiger partial charge in [0.15, 0.2) is 17.3 Å². The normalized spacial score (nSPS) is 10.6. The van der Waals surface area contributed by atoms with E-state index in [1.165, 1.54) is 13.2 Å². The van der Waals surface area contributed by atoms with Crippen molar-refractivity contribution in [1.82, 2.24) is 0 Å². The molecular formula is C18H18ClNO3. The van der Waals surface area contributed by atoms with Gasteiger partial charge in [-0.15, -0.1) is 0 Å². The molecule has 0 aromatic heterocycles. The Labute approximate surface area is 140 Å². The minimum atomic E-state index is -0.141. The topological polar surface area (TPSA) is 47.6 Å². The monoisotopic (exact) mass is 331 g/mol. The number of halogens is 1. The van der Waals surface area contributed by atoms with Gasteiger partial charge >= 0.3 is 0 Å². The first-order valence-corrected chi connectivity index (χ1v) is 7.39. The summed E-state index contributed by atoms with van der Waals surface area (Å²) in [5.74, 6) is 0.962. The van der Waals surface area contributed by atoms with Gasteiger partial charge in [0.2, 0.25) is 0 Å². The molecule has 2 aromatic carbocycles. The molecule has 2 rings (SSSR count). The third-order valence-electron chi connectivity index (χ3n) is 3.41. The fraction of sp³-hybridized carbons (Fsp3) is 0.167. The van der Waals surface area contributed by atoms with E-state index in [-0.39, 0.29) is 5.78 Å². The Kier molecular flexibility index (Phi) is 5.66. The lowest BCUT2D eigenvalue weighted by Gasteiger charge is -2.08. The van der Waals surface area contributed by atoms with Crippen LogP contribution in [-0.2, 0) is 0 Å². The second-order valence-electron chi connectivity index (χ2n) is 4.82. The van der Waals surface area contributed by atoms with Gasteiger partial charge in [0, 0.05) is 28.5 Å². The third-order valence-corrected chi connectivity index (χ3v) is 3.82. The molecular weight excluding hydrogens is 314 g/mol. The highest BCUT2D eigenvalue weighted by molar-refractivity contribution is 6.31. The molecule has 0 heterocycles. The highest BCUT2D eigenvalue weighted by Gasteiger charge is 2.08. The Morgan fingerprint density at radius 3 is 2.57 bits per heavy atom. The van der Waals surface area contributed by atoms with E-state index in [0.717, 1.165) is 11.3 Å². The summed E-state index contributed by atoms with van der Waals surface area (Å²) in [5, 5.41) is 3.74. The molecule has 23 heavy (non-hydrogen) atoms. The van der Waals surface area contributed by atoms with Crippen molar-refractivity contribution in [2.24, 2.45) is 0 Å². The predicted octanol–water partition coefficient (Wildman–Crippen LogP) is 4.47. The Bertz CT molecular complexity index is 741. The average molecular weight is 332 g/mol. The fourth-order valence-corrected chi connectivity index (χ4v) is 2.23. The summed E-state index contributed by atoms with van der Waals surface area (Å²) in [6.07, 6.45) is 3.05. The molecule has 0 amide bonds. The number of allylic oxidation sites excluding steroid dienone is 1. The van der Waals surface area contributed by atoms with Crippen LogP contribution in [0.25, 0.3) is 0 Å². The van der Waals surface area contributed by atoms with Gasteiger partial charge in [0.1, 0.15) is 0 Å². The Hall–Kier alpha value is -2.46. The summed E-state index contributed by atoms with van der Waals surface area (Å²) < 4.78 is 10.4. The van der Waals surface area contributed by atoms with E-state index in [4.69, 9.17) is 21.1 Å². The van der Waals surface area contributed by atoms with Crippen LogP contribution in [-0.4, -0.2) is 20.0 Å². The van der Waals surface area contributed by atoms with Crippen LogP contribution in [0.15, 0.2) is 48.7 Å². The first-order valence-electron chi connectivity index (χ1n) is 7.01. The summed E-state index contributed by atoms with van der Waals surface area (Å²) in [6.45, 7) is 1.91. The maximum absolute atomic E-state index is 12.2. The lowest BCUT2D eigenvalue weighted by molar-refractivity contribution is 0.104. The quantitative estimate of drug-likeness (QED) is 0.626. The van der Waals surface area contributed by atoms with Crippen LogP contribution in [0.5, 0.6) is 11.5 Å². The van der Waals surface area contributed by atoms with Crippen molar-refractivity contribution < 1.29 is 14.3 Å². The maximum Gasteiger partial charge on any atom is 0.187 e. The number of rotatable bonds is 6. The molecule has 0 atom stereocenters. The van der Waals surface area contributed by atoms with Crippen molar-refractivity contribution in [2.45, 2.75) is 6.92 Å². The number of hydrogen-bond donors (Lipinski definition) is 1. The number of ether oxygens (including phenoxy) is 2. The Morgan fingerprint density at radius 2 is 1.87 bits per heavy atom. The van der Waals surface area contributed by atoms with E-state index >= 15 is 0 Å². The summed E-state index contributed by atoms with van der Waals surface area (Å²) >= 11 is 6.06. The zero-order valence-corrected chi connectivity index (χ0v) is 14.0. The highest BCUT2D eigenvalue weighted by atomic mass is 35.5. The molecule has 0 unspecified atom stereocenters. The van der Waals surface area contributed by atoms with Gasteiger partial charge in [-0.3, -0.25) is 4.79 Å². The van der Waals surface area contributed by atoms with E-state index in [9.17, 15) is 4.79 Å². The van der Waals surface area contributed by atoms with E-state index < -0.39 is 0 Å². The SMILES string of the molecule is COc1ccc(C(=O)C=CNc2cccc(Cl)c2C)cc1OC. The second kappa shape index (κ2) is 7.70. The number of benzene rings is 2. The standard InChI is InChI=1S/C18H18ClNO3/c1-12-14(19)5-4-6-15(12)20-10-9-16(21)13-7-8-17(22-2)18(11-13)23-3/h4-11,20H,1-3H3. The van der Waals surface area contributed by atoms with Crippen molar-refractivity contribution in [3.63, 3.8) is 0 Å². The van der Waals surface area contributed by atoms with Crippen LogP contribution >= 0.6 is 11.6 Å². The number of carbonyl (C=O) groups is 1. The first kappa shape index (κ1) is 16.9. The van der Waals surface area contributed by atoms with Gasteiger partial charge in [-0.25, -0.2) is 0 Å². The Morgan fingerprint density at radius 1 is 1.13 bits per heavy atom. The van der Waals surface area contributed by atoms with Crippen LogP contribution in [0.1, 0.15) is 15.9 Å². The molecule has 120 valence electrons. The van der Waals surface area contributed by atoms with Gasteiger partial charge in [-0.1, -0.05) is 17.7 Å². The molecule has 0 radical (unpaired) electrons. The number of methoxy groups -OCH3 is 2. The summed E-state index contributed by atoms with van der Waals surface area (Å²) in [5.41, 5.74) is 2.30. The number of nitrogens with one attached hydrogen (secondary N) is 1. The molecule has 0 aliphatic rings. The van der Waals surface area contributed by atoms with Crippen molar-refractivity contribution in [2.75, 3.05) is 19.5 Å². The fourth-order valence-electron chi connectivity index (χ4n) is 2.06. The number of carbonyl (C=O) groups excluding carboxylic acids is 1. The molecule has 0 aliphatic heterocycles. The van der Waals surface area contributed by atoms with Gasteiger partial charge in [0.25, 0.3) is 0 Å². The van der Waals surface area contributed by atoms with Crippen LogP contribution in [0.4, 0.5) is 5.69 Å². The molecule has 1 N–H and O–H groups in total. The molecule has 0 saturated heterocycles. The van der Waals surface area contributed by atoms with E-state index in [0.29, 0.717) is 22.1 Å². The van der Waals surface area contributed by atoms with Crippen LogP contribution < -0.4 is 14.8 Å². The molecule has 0 saturated carbocycles. The second-order valence-corrected chi connectivity index (χ2v) is 5.23. The molecule has 0 bridgehead atoms. The van der Waals surface area contributed by atoms with Gasteiger partial charge < -0.3 is 14.8 Å². The number of hydrogen-bond acceptors (Lipinski definition) is 4. The van der Waals surface area contributed by atoms with Crippen LogP contribution in [0.3, 0.4) is 0 Å². The van der Waals surface area contributed by atoms with Crippen molar-refractivity contribution in [1.29, 1.82) is 0 Å². The molecule has 5 heteroatoms. The van der Waals surface area contributed by atoms with E-state index in [2.05, 4.69) is 5.32 Å². The van der Waals surface area contributed by atoms with Crippen molar-refractivity contribution in [3.8, 4) is 11.5 Å². The zero-order valence-electron chi connectivity index (χ0n) is 13.2. The molecule has 2 aromatic rings. The third kappa shape index (κ3) is 4.05. The first-order chi connectivity index (χ1) is 11.1. The summed E-state index contributed by atoms with van der Waals surface area (Å²) in [6, 6.07) is 10.6. The highest BCUT2D eigenvalue weighted by Crippen LogP contribution is 2.28. The van der Waals surface area contributed by atoms with Crippen molar-refractivity contribution in [3.05, 3.63) is 64.8 Å². The zero-order chi connectivity index (χ0) is 16.8. The van der Waals surface area contributed by atoms with E-state index in [1.807, 2.05) is 25.1 Å². The van der Waals surface area contributed by atoms with Gasteiger partial charge in [-0.05, 0) is 42.8 Å². The minimum absolute atomic E-state index is 0.141. The van der Waals surface area contributed by atoms with Crippen LogP contribution in [0, 0.1) is 6.92 Å². The smallest absolute Gasteiger partial charge is 0.187 e. The predicted molar refractivity (Wildman–Crippen MR) is 92.8 cm³/mol. The summed E-state index contributed by atoms with van der Waals surface area (Å²) in [7, 11) is 3.09. The molecule has 4 nitrogen and oxygen atoms in total. The maximum atomic E-state index is 12.2. The molecule has 0 aliphatic carbocycles. The lowest BCUT2D eigenvalue weighted by atomic mass is 10.1. The van der Waals surface area contributed by atoms with Gasteiger partial charge in [-0.2, -0.15) is 0 Å². The number of ketones is 1. The molecule has 0 spiro atoms. The molecule has 0 fully saturated rings.